The first kappa shape index (κ1) is 16.5. The zero-order chi connectivity index (χ0) is 16.8. The molecule has 0 bridgehead atoms. The van der Waals surface area contributed by atoms with Gasteiger partial charge in [0.2, 0.25) is 5.88 Å². The highest BCUT2D eigenvalue weighted by Gasteiger charge is 2.14. The number of hydrogen-bond donors (Lipinski definition) is 2. The number of pyridine rings is 1. The molecule has 126 valence electrons. The molecule has 0 atom stereocenters. The van der Waals surface area contributed by atoms with Gasteiger partial charge in [0, 0.05) is 12.3 Å². The van der Waals surface area contributed by atoms with Crippen molar-refractivity contribution in [1.82, 2.24) is 10.5 Å². The molecule has 0 saturated heterocycles. The van der Waals surface area contributed by atoms with Gasteiger partial charge < -0.3 is 4.74 Å². The normalized spacial score (nSPS) is 15.5. The van der Waals surface area contributed by atoms with Gasteiger partial charge in [0.1, 0.15) is 5.75 Å². The van der Waals surface area contributed by atoms with E-state index in [0.29, 0.717) is 11.8 Å². The number of rotatable bonds is 4. The molecule has 0 radical (unpaired) electrons. The predicted molar refractivity (Wildman–Crippen MR) is 90.4 cm³/mol. The van der Waals surface area contributed by atoms with Crippen molar-refractivity contribution in [3.8, 4) is 11.6 Å². The summed E-state index contributed by atoms with van der Waals surface area (Å²) in [4.78, 5) is 15.3. The van der Waals surface area contributed by atoms with Crippen LogP contribution in [0.3, 0.4) is 0 Å². The molecule has 1 aliphatic carbocycles. The van der Waals surface area contributed by atoms with Gasteiger partial charge in [0.25, 0.3) is 5.91 Å². The third-order valence-corrected chi connectivity index (χ3v) is 4.53. The fourth-order valence-corrected chi connectivity index (χ4v) is 3.18. The van der Waals surface area contributed by atoms with E-state index in [1.807, 2.05) is 12.1 Å². The number of carbonyl (C=O) groups is 1. The maximum atomic E-state index is 11.3. The van der Waals surface area contributed by atoms with Crippen molar-refractivity contribution in [3.05, 3.63) is 53.7 Å². The molecule has 5 heteroatoms. The van der Waals surface area contributed by atoms with Crippen LogP contribution in [0.4, 0.5) is 0 Å². The number of hydrogen-bond acceptors (Lipinski definition) is 4. The molecule has 1 fully saturated rings. The SMILES string of the molecule is O=C(NO)c1ccc(Oc2ccc(C3CCCCCC3)cc2)nc1. The first-order valence-corrected chi connectivity index (χ1v) is 8.44. The lowest BCUT2D eigenvalue weighted by atomic mass is 9.92. The fourth-order valence-electron chi connectivity index (χ4n) is 3.18. The zero-order valence-electron chi connectivity index (χ0n) is 13.6. The first-order chi connectivity index (χ1) is 11.8. The molecule has 2 N–H and O–H groups in total. The number of aromatic nitrogens is 1. The third kappa shape index (κ3) is 4.11. The van der Waals surface area contributed by atoms with Crippen molar-refractivity contribution in [3.63, 3.8) is 0 Å². The Labute approximate surface area is 141 Å². The van der Waals surface area contributed by atoms with Crippen LogP contribution < -0.4 is 10.2 Å². The molecule has 2 aromatic rings. The second-order valence-corrected chi connectivity index (χ2v) is 6.19. The molecule has 1 heterocycles. The van der Waals surface area contributed by atoms with E-state index in [9.17, 15) is 4.79 Å². The molecule has 1 aromatic carbocycles. The van der Waals surface area contributed by atoms with Crippen molar-refractivity contribution in [1.29, 1.82) is 0 Å². The molecule has 0 unspecified atom stereocenters. The van der Waals surface area contributed by atoms with Crippen molar-refractivity contribution in [2.75, 3.05) is 0 Å². The standard InChI is InChI=1S/C19H22N2O3/c22-19(21-23)16-9-12-18(20-13-16)24-17-10-7-15(8-11-17)14-5-3-1-2-4-6-14/h7-14,23H,1-6H2,(H,21,22). The van der Waals surface area contributed by atoms with E-state index >= 15 is 0 Å². The van der Waals surface area contributed by atoms with Crippen LogP contribution >= 0.6 is 0 Å². The summed E-state index contributed by atoms with van der Waals surface area (Å²) in [7, 11) is 0. The number of nitrogens with one attached hydrogen (secondary N) is 1. The minimum atomic E-state index is -0.596. The van der Waals surface area contributed by atoms with E-state index in [4.69, 9.17) is 9.94 Å². The molecule has 1 amide bonds. The first-order valence-electron chi connectivity index (χ1n) is 8.44. The molecule has 5 nitrogen and oxygen atoms in total. The molecule has 1 aromatic heterocycles. The summed E-state index contributed by atoms with van der Waals surface area (Å²) in [5.41, 5.74) is 3.23. The van der Waals surface area contributed by atoms with Crippen molar-refractivity contribution >= 4 is 5.91 Å². The van der Waals surface area contributed by atoms with Gasteiger partial charge in [-0.1, -0.05) is 37.8 Å². The Balaban J connectivity index is 1.64. The molecule has 0 spiro atoms. The van der Waals surface area contributed by atoms with Crippen LogP contribution in [0.25, 0.3) is 0 Å². The molecule has 24 heavy (non-hydrogen) atoms. The Kier molecular flexibility index (Phi) is 5.43. The number of benzene rings is 1. The Bertz CT molecular complexity index is 660. The summed E-state index contributed by atoms with van der Waals surface area (Å²) in [6, 6.07) is 11.4. The number of amides is 1. The van der Waals surface area contributed by atoms with Gasteiger partial charge in [0.05, 0.1) is 5.56 Å². The van der Waals surface area contributed by atoms with Crippen molar-refractivity contribution in [2.24, 2.45) is 0 Å². The summed E-state index contributed by atoms with van der Waals surface area (Å²) in [6.45, 7) is 0. The lowest BCUT2D eigenvalue weighted by molar-refractivity contribution is 0.0706. The molecule has 1 saturated carbocycles. The lowest BCUT2D eigenvalue weighted by Crippen LogP contribution is -2.18. The number of carbonyl (C=O) groups excluding carboxylic acids is 1. The van der Waals surface area contributed by atoms with E-state index in [-0.39, 0.29) is 5.56 Å². The predicted octanol–water partition coefficient (Wildman–Crippen LogP) is 4.43. The molecular weight excluding hydrogens is 304 g/mol. The summed E-state index contributed by atoms with van der Waals surface area (Å²) >= 11 is 0. The number of ether oxygens (including phenoxy) is 1. The highest BCUT2D eigenvalue weighted by Crippen LogP contribution is 2.32. The van der Waals surface area contributed by atoms with Crippen LogP contribution in [0.5, 0.6) is 11.6 Å². The number of nitrogens with zero attached hydrogens (tertiary/aromatic N) is 1. The Morgan fingerprint density at radius 3 is 2.33 bits per heavy atom. The van der Waals surface area contributed by atoms with E-state index in [1.54, 1.807) is 17.6 Å². The molecular formula is C19H22N2O3. The van der Waals surface area contributed by atoms with E-state index < -0.39 is 5.91 Å². The van der Waals surface area contributed by atoms with E-state index in [0.717, 1.165) is 5.75 Å². The van der Waals surface area contributed by atoms with Crippen LogP contribution in [0, 0.1) is 0 Å². The second-order valence-electron chi connectivity index (χ2n) is 6.19. The average Bonchev–Trinajstić information content (AvgIpc) is 2.92. The lowest BCUT2D eigenvalue weighted by Gasteiger charge is -2.15. The largest absolute Gasteiger partial charge is 0.439 e. The monoisotopic (exact) mass is 326 g/mol. The van der Waals surface area contributed by atoms with Gasteiger partial charge in [0.15, 0.2) is 0 Å². The molecule has 3 rings (SSSR count). The fraction of sp³-hybridized carbons (Fsp3) is 0.368. The maximum absolute atomic E-state index is 11.3. The third-order valence-electron chi connectivity index (χ3n) is 4.53. The number of hydroxylamine groups is 1. The quantitative estimate of drug-likeness (QED) is 0.495. The Hall–Kier alpha value is -2.40. The summed E-state index contributed by atoms with van der Waals surface area (Å²) < 4.78 is 5.71. The highest BCUT2D eigenvalue weighted by atomic mass is 16.5. The smallest absolute Gasteiger partial charge is 0.276 e. The van der Waals surface area contributed by atoms with Crippen LogP contribution in [-0.2, 0) is 0 Å². The minimum Gasteiger partial charge on any atom is -0.439 e. The highest BCUT2D eigenvalue weighted by molar-refractivity contribution is 5.92. The molecule has 1 aliphatic rings. The van der Waals surface area contributed by atoms with Crippen LogP contribution in [0.2, 0.25) is 0 Å². The topological polar surface area (TPSA) is 71.5 Å². The van der Waals surface area contributed by atoms with Crippen LogP contribution in [0.15, 0.2) is 42.6 Å². The second kappa shape index (κ2) is 7.93. The van der Waals surface area contributed by atoms with Gasteiger partial charge in [-0.05, 0) is 42.5 Å². The minimum absolute atomic E-state index is 0.272. The molecule has 0 aliphatic heterocycles. The van der Waals surface area contributed by atoms with E-state index in [1.165, 1.54) is 50.3 Å². The zero-order valence-corrected chi connectivity index (χ0v) is 13.6. The summed E-state index contributed by atoms with van der Waals surface area (Å²) in [6.07, 6.45) is 9.26. The van der Waals surface area contributed by atoms with Crippen LogP contribution in [0.1, 0.15) is 60.4 Å². The van der Waals surface area contributed by atoms with E-state index in [2.05, 4.69) is 17.1 Å². The summed E-state index contributed by atoms with van der Waals surface area (Å²) in [5.74, 6) is 1.20. The van der Waals surface area contributed by atoms with Crippen molar-refractivity contribution in [2.45, 2.75) is 44.4 Å². The van der Waals surface area contributed by atoms with Gasteiger partial charge in [-0.3, -0.25) is 10.0 Å². The summed E-state index contributed by atoms with van der Waals surface area (Å²) in [5, 5.41) is 8.59. The Morgan fingerprint density at radius 1 is 1.04 bits per heavy atom. The van der Waals surface area contributed by atoms with Crippen molar-refractivity contribution < 1.29 is 14.7 Å². The Morgan fingerprint density at radius 2 is 1.75 bits per heavy atom. The average molecular weight is 326 g/mol. The van der Waals surface area contributed by atoms with Gasteiger partial charge in [-0.25, -0.2) is 10.5 Å². The van der Waals surface area contributed by atoms with Gasteiger partial charge in [-0.2, -0.15) is 0 Å². The van der Waals surface area contributed by atoms with Crippen LogP contribution in [-0.4, -0.2) is 16.1 Å². The maximum Gasteiger partial charge on any atom is 0.276 e. The van der Waals surface area contributed by atoms with Gasteiger partial charge >= 0.3 is 0 Å². The van der Waals surface area contributed by atoms with Gasteiger partial charge in [-0.15, -0.1) is 0 Å².